The van der Waals surface area contributed by atoms with E-state index < -0.39 is 0 Å². The van der Waals surface area contributed by atoms with Gasteiger partial charge in [-0.15, -0.1) is 11.3 Å². The van der Waals surface area contributed by atoms with E-state index in [1.165, 1.54) is 51.9 Å². The van der Waals surface area contributed by atoms with E-state index >= 15 is 0 Å². The molecule has 2 aliphatic carbocycles. The molecule has 0 radical (unpaired) electrons. The molecule has 1 saturated heterocycles. The third-order valence-electron chi connectivity index (χ3n) is 7.33. The van der Waals surface area contributed by atoms with Crippen LogP contribution in [0.1, 0.15) is 67.7 Å². The molecular weight excluding hydrogens is 406 g/mol. The molecule has 1 aliphatic heterocycles. The minimum atomic E-state index is 0.0956. The van der Waals surface area contributed by atoms with E-state index in [9.17, 15) is 4.79 Å². The number of aryl methyl sites for hydroxylation is 1. The number of amides is 1. The standard InChI is InChI=1S/C24H37N5OS/c1-16(2)15-29-24-21(17(3)26-29)14-22(31-24)23(30)25-18-4-6-19(7-5-18)27-10-12-28(13-11-27)20-8-9-20/h14,16,18-20H,4-13,15H2,1-3H3,(H,25,30). The number of piperazine rings is 1. The number of rotatable bonds is 6. The second-order valence-electron chi connectivity index (χ2n) is 10.3. The highest BCUT2D eigenvalue weighted by Crippen LogP contribution is 2.31. The van der Waals surface area contributed by atoms with Crippen molar-refractivity contribution in [3.63, 3.8) is 0 Å². The van der Waals surface area contributed by atoms with Crippen molar-refractivity contribution in [3.05, 3.63) is 16.6 Å². The highest BCUT2D eigenvalue weighted by Gasteiger charge is 2.34. The second-order valence-corrected chi connectivity index (χ2v) is 11.3. The number of thiophene rings is 1. The molecule has 1 amide bonds. The van der Waals surface area contributed by atoms with E-state index in [0.717, 1.165) is 46.2 Å². The molecule has 0 bridgehead atoms. The van der Waals surface area contributed by atoms with Gasteiger partial charge in [0.05, 0.1) is 10.6 Å². The molecule has 0 unspecified atom stereocenters. The van der Waals surface area contributed by atoms with Gasteiger partial charge in [-0.3, -0.25) is 19.3 Å². The van der Waals surface area contributed by atoms with Crippen LogP contribution in [0.2, 0.25) is 0 Å². The maximum absolute atomic E-state index is 13.0. The lowest BCUT2D eigenvalue weighted by atomic mass is 9.89. The summed E-state index contributed by atoms with van der Waals surface area (Å²) >= 11 is 1.59. The fourth-order valence-electron chi connectivity index (χ4n) is 5.44. The molecule has 0 aromatic carbocycles. The fraction of sp³-hybridized carbons (Fsp3) is 0.750. The average molecular weight is 444 g/mol. The number of carbonyl (C=O) groups excluding carboxylic acids is 1. The van der Waals surface area contributed by atoms with Gasteiger partial charge in [-0.1, -0.05) is 13.8 Å². The van der Waals surface area contributed by atoms with E-state index in [0.29, 0.717) is 18.0 Å². The average Bonchev–Trinajstić information content (AvgIpc) is 3.44. The molecule has 3 fully saturated rings. The smallest absolute Gasteiger partial charge is 0.261 e. The summed E-state index contributed by atoms with van der Waals surface area (Å²) in [5.41, 5.74) is 1.02. The Kier molecular flexibility index (Phi) is 6.10. The van der Waals surface area contributed by atoms with Crippen molar-refractivity contribution < 1.29 is 4.79 Å². The van der Waals surface area contributed by atoms with E-state index in [2.05, 4.69) is 38.7 Å². The van der Waals surface area contributed by atoms with Gasteiger partial charge in [-0.25, -0.2) is 0 Å². The van der Waals surface area contributed by atoms with Crippen LogP contribution >= 0.6 is 11.3 Å². The first-order chi connectivity index (χ1) is 15.0. The van der Waals surface area contributed by atoms with Crippen LogP contribution in [0.25, 0.3) is 10.2 Å². The molecule has 170 valence electrons. The third-order valence-corrected chi connectivity index (χ3v) is 8.48. The van der Waals surface area contributed by atoms with Crippen LogP contribution in [0.5, 0.6) is 0 Å². The van der Waals surface area contributed by atoms with Crippen molar-refractivity contribution in [1.29, 1.82) is 0 Å². The number of carbonyl (C=O) groups is 1. The largest absolute Gasteiger partial charge is 0.349 e. The Bertz CT molecular complexity index is 914. The highest BCUT2D eigenvalue weighted by atomic mass is 32.1. The Morgan fingerprint density at radius 1 is 1.06 bits per heavy atom. The molecule has 0 spiro atoms. The van der Waals surface area contributed by atoms with Crippen molar-refractivity contribution in [3.8, 4) is 0 Å². The lowest BCUT2D eigenvalue weighted by molar-refractivity contribution is 0.0683. The van der Waals surface area contributed by atoms with Crippen molar-refractivity contribution in [1.82, 2.24) is 24.9 Å². The summed E-state index contributed by atoms with van der Waals surface area (Å²) in [5.74, 6) is 0.631. The number of hydrogen-bond acceptors (Lipinski definition) is 5. The first kappa shape index (κ1) is 21.4. The van der Waals surface area contributed by atoms with Crippen molar-refractivity contribution in [2.45, 2.75) is 84.0 Å². The van der Waals surface area contributed by atoms with Crippen LogP contribution in [0, 0.1) is 12.8 Å². The van der Waals surface area contributed by atoms with Crippen molar-refractivity contribution in [2.75, 3.05) is 26.2 Å². The Hall–Kier alpha value is -1.44. The number of aromatic nitrogens is 2. The predicted molar refractivity (Wildman–Crippen MR) is 127 cm³/mol. The zero-order valence-electron chi connectivity index (χ0n) is 19.3. The van der Waals surface area contributed by atoms with Crippen LogP contribution in [0.15, 0.2) is 6.07 Å². The third kappa shape index (κ3) is 4.69. The lowest BCUT2D eigenvalue weighted by Gasteiger charge is -2.42. The SMILES string of the molecule is Cc1nn(CC(C)C)c2sc(C(=O)NC3CCC(N4CCN(C5CC5)CC4)CC3)cc12. The minimum Gasteiger partial charge on any atom is -0.349 e. The van der Waals surface area contributed by atoms with Crippen LogP contribution in [-0.4, -0.2) is 69.8 Å². The number of nitrogens with one attached hydrogen (secondary N) is 1. The van der Waals surface area contributed by atoms with Crippen molar-refractivity contribution in [2.24, 2.45) is 5.92 Å². The van der Waals surface area contributed by atoms with Crippen LogP contribution in [0.3, 0.4) is 0 Å². The fourth-order valence-corrected chi connectivity index (χ4v) is 6.52. The van der Waals surface area contributed by atoms with Crippen LogP contribution in [0.4, 0.5) is 0 Å². The Morgan fingerprint density at radius 2 is 1.65 bits per heavy atom. The Balaban J connectivity index is 1.14. The zero-order chi connectivity index (χ0) is 21.5. The maximum Gasteiger partial charge on any atom is 0.261 e. The zero-order valence-corrected chi connectivity index (χ0v) is 20.1. The Labute approximate surface area is 190 Å². The molecule has 2 aromatic heterocycles. The van der Waals surface area contributed by atoms with Gasteiger partial charge < -0.3 is 5.32 Å². The van der Waals surface area contributed by atoms with Gasteiger partial charge in [0, 0.05) is 56.2 Å². The molecule has 3 heterocycles. The molecule has 3 aliphatic rings. The summed E-state index contributed by atoms with van der Waals surface area (Å²) in [6, 6.07) is 3.97. The summed E-state index contributed by atoms with van der Waals surface area (Å²) in [7, 11) is 0. The van der Waals surface area contributed by atoms with Crippen LogP contribution < -0.4 is 5.32 Å². The molecule has 5 rings (SSSR count). The van der Waals surface area contributed by atoms with E-state index in [-0.39, 0.29) is 5.91 Å². The highest BCUT2D eigenvalue weighted by molar-refractivity contribution is 7.20. The van der Waals surface area contributed by atoms with Gasteiger partial charge in [0.15, 0.2) is 0 Å². The monoisotopic (exact) mass is 443 g/mol. The molecule has 2 saturated carbocycles. The number of nitrogens with zero attached hydrogens (tertiary/aromatic N) is 4. The number of hydrogen-bond donors (Lipinski definition) is 1. The van der Waals surface area contributed by atoms with Gasteiger partial charge in [-0.05, 0) is 57.4 Å². The Morgan fingerprint density at radius 3 is 2.19 bits per heavy atom. The minimum absolute atomic E-state index is 0.0956. The normalized spacial score (nSPS) is 26.1. The molecule has 31 heavy (non-hydrogen) atoms. The van der Waals surface area contributed by atoms with Gasteiger partial charge in [0.1, 0.15) is 4.83 Å². The summed E-state index contributed by atoms with van der Waals surface area (Å²) in [4.78, 5) is 20.3. The van der Waals surface area contributed by atoms with E-state index in [1.54, 1.807) is 11.3 Å². The quantitative estimate of drug-likeness (QED) is 0.736. The first-order valence-electron chi connectivity index (χ1n) is 12.2. The van der Waals surface area contributed by atoms with Gasteiger partial charge in [0.25, 0.3) is 5.91 Å². The lowest BCUT2D eigenvalue weighted by Crippen LogP contribution is -2.52. The molecular formula is C24H37N5OS. The topological polar surface area (TPSA) is 53.4 Å². The second kappa shape index (κ2) is 8.83. The molecule has 6 nitrogen and oxygen atoms in total. The summed E-state index contributed by atoms with van der Waals surface area (Å²) in [6.45, 7) is 12.3. The first-order valence-corrected chi connectivity index (χ1v) is 13.1. The number of fused-ring (bicyclic) bond motifs is 1. The molecule has 0 atom stereocenters. The van der Waals surface area contributed by atoms with E-state index in [4.69, 9.17) is 0 Å². The van der Waals surface area contributed by atoms with Crippen LogP contribution in [-0.2, 0) is 6.54 Å². The van der Waals surface area contributed by atoms with Gasteiger partial charge in [-0.2, -0.15) is 5.10 Å². The summed E-state index contributed by atoms with van der Waals surface area (Å²) < 4.78 is 2.07. The maximum atomic E-state index is 13.0. The molecule has 1 N–H and O–H groups in total. The van der Waals surface area contributed by atoms with Crippen molar-refractivity contribution >= 4 is 27.5 Å². The summed E-state index contributed by atoms with van der Waals surface area (Å²) in [6.07, 6.45) is 7.46. The van der Waals surface area contributed by atoms with Gasteiger partial charge >= 0.3 is 0 Å². The molecule has 7 heteroatoms. The predicted octanol–water partition coefficient (Wildman–Crippen LogP) is 3.88. The van der Waals surface area contributed by atoms with E-state index in [1.807, 2.05) is 13.0 Å². The summed E-state index contributed by atoms with van der Waals surface area (Å²) in [5, 5.41) is 9.13. The van der Waals surface area contributed by atoms with Gasteiger partial charge in [0.2, 0.25) is 0 Å². The molecule has 2 aromatic rings.